The summed E-state index contributed by atoms with van der Waals surface area (Å²) in [5.41, 5.74) is 7.21. The number of benzene rings is 1. The topological polar surface area (TPSA) is 64.8 Å². The molecular weight excluding hydrogens is 256 g/mol. The molecule has 5 nitrogen and oxygen atoms in total. The maximum atomic E-state index is 11.8. The quantitative estimate of drug-likeness (QED) is 0.852. The van der Waals surface area contributed by atoms with Crippen LogP contribution in [0.25, 0.3) is 0 Å². The zero-order valence-electron chi connectivity index (χ0n) is 12.5. The van der Waals surface area contributed by atoms with Crippen molar-refractivity contribution in [3.8, 4) is 5.75 Å². The minimum absolute atomic E-state index is 0.253. The number of fused-ring (bicyclic) bond motifs is 1. The van der Waals surface area contributed by atoms with Crippen LogP contribution in [-0.4, -0.2) is 31.3 Å². The Morgan fingerprint density at radius 3 is 2.85 bits per heavy atom. The molecule has 0 radical (unpaired) electrons. The smallest absolute Gasteiger partial charge is 0.328 e. The molecule has 0 saturated carbocycles. The molecule has 0 fully saturated rings. The fourth-order valence-corrected chi connectivity index (χ4v) is 2.47. The van der Waals surface area contributed by atoms with Crippen molar-refractivity contribution in [1.82, 2.24) is 0 Å². The van der Waals surface area contributed by atoms with Gasteiger partial charge in [0.1, 0.15) is 17.4 Å². The Kier molecular flexibility index (Phi) is 3.90. The molecule has 2 rings (SSSR count). The van der Waals surface area contributed by atoms with Gasteiger partial charge < -0.3 is 20.1 Å². The van der Waals surface area contributed by atoms with E-state index >= 15 is 0 Å². The first-order chi connectivity index (χ1) is 9.38. The molecule has 0 saturated heterocycles. The lowest BCUT2D eigenvalue weighted by Gasteiger charge is -2.43. The highest BCUT2D eigenvalue weighted by atomic mass is 16.5. The van der Waals surface area contributed by atoms with E-state index in [-0.39, 0.29) is 17.6 Å². The molecule has 0 amide bonds. The van der Waals surface area contributed by atoms with Crippen LogP contribution in [0.15, 0.2) is 18.2 Å². The normalized spacial score (nSPS) is 17.9. The van der Waals surface area contributed by atoms with E-state index in [0.29, 0.717) is 13.1 Å². The first-order valence-corrected chi connectivity index (χ1v) is 6.74. The van der Waals surface area contributed by atoms with Crippen LogP contribution in [0.3, 0.4) is 0 Å². The molecule has 1 unspecified atom stereocenters. The largest absolute Gasteiger partial charge is 0.484 e. The number of hydrogen-bond donors (Lipinski definition) is 1. The van der Waals surface area contributed by atoms with Gasteiger partial charge in [-0.25, -0.2) is 4.79 Å². The van der Waals surface area contributed by atoms with Gasteiger partial charge in [-0.2, -0.15) is 0 Å². The van der Waals surface area contributed by atoms with E-state index in [9.17, 15) is 4.79 Å². The SMILES string of the molecule is COC(=O)C(C)N1CC(C)(C)Oc2cc(CN)ccc21. The molecule has 0 aromatic heterocycles. The molecule has 1 aromatic rings. The maximum absolute atomic E-state index is 11.8. The lowest BCUT2D eigenvalue weighted by Crippen LogP contribution is -2.52. The van der Waals surface area contributed by atoms with E-state index in [1.165, 1.54) is 7.11 Å². The van der Waals surface area contributed by atoms with Gasteiger partial charge >= 0.3 is 5.97 Å². The zero-order chi connectivity index (χ0) is 14.9. The Bertz CT molecular complexity index is 514. The van der Waals surface area contributed by atoms with Crippen LogP contribution in [0.2, 0.25) is 0 Å². The fraction of sp³-hybridized carbons (Fsp3) is 0.533. The average molecular weight is 278 g/mol. The minimum atomic E-state index is -0.373. The van der Waals surface area contributed by atoms with Crippen molar-refractivity contribution in [2.75, 3.05) is 18.6 Å². The van der Waals surface area contributed by atoms with Gasteiger partial charge in [0.15, 0.2) is 0 Å². The summed E-state index contributed by atoms with van der Waals surface area (Å²) in [6.45, 7) is 6.93. The molecule has 1 atom stereocenters. The lowest BCUT2D eigenvalue weighted by molar-refractivity contribution is -0.142. The zero-order valence-corrected chi connectivity index (χ0v) is 12.5. The third-order valence-corrected chi connectivity index (χ3v) is 3.52. The number of hydrogen-bond acceptors (Lipinski definition) is 5. The van der Waals surface area contributed by atoms with Crippen molar-refractivity contribution in [1.29, 1.82) is 0 Å². The lowest BCUT2D eigenvalue weighted by atomic mass is 10.0. The van der Waals surface area contributed by atoms with Gasteiger partial charge in [0.05, 0.1) is 19.3 Å². The summed E-state index contributed by atoms with van der Waals surface area (Å²) >= 11 is 0. The van der Waals surface area contributed by atoms with Crippen LogP contribution in [0, 0.1) is 0 Å². The molecule has 5 heteroatoms. The monoisotopic (exact) mass is 278 g/mol. The summed E-state index contributed by atoms with van der Waals surface area (Å²) in [6, 6.07) is 5.49. The van der Waals surface area contributed by atoms with Crippen LogP contribution < -0.4 is 15.4 Å². The van der Waals surface area contributed by atoms with E-state index in [0.717, 1.165) is 17.0 Å². The van der Waals surface area contributed by atoms with Crippen molar-refractivity contribution in [3.63, 3.8) is 0 Å². The molecule has 1 heterocycles. The molecule has 1 aliphatic heterocycles. The van der Waals surface area contributed by atoms with Gasteiger partial charge in [-0.05, 0) is 38.5 Å². The van der Waals surface area contributed by atoms with Gasteiger partial charge in [0.25, 0.3) is 0 Å². The van der Waals surface area contributed by atoms with Crippen LogP contribution in [0.5, 0.6) is 5.75 Å². The maximum Gasteiger partial charge on any atom is 0.328 e. The van der Waals surface area contributed by atoms with Gasteiger partial charge in [-0.1, -0.05) is 6.07 Å². The van der Waals surface area contributed by atoms with E-state index in [4.69, 9.17) is 15.2 Å². The second-order valence-corrected chi connectivity index (χ2v) is 5.69. The molecule has 0 aliphatic carbocycles. The Morgan fingerprint density at radius 1 is 1.55 bits per heavy atom. The predicted octanol–water partition coefficient (Wildman–Crippen LogP) is 1.68. The Labute approximate surface area is 119 Å². The predicted molar refractivity (Wildman–Crippen MR) is 77.9 cm³/mol. The van der Waals surface area contributed by atoms with Gasteiger partial charge in [0.2, 0.25) is 0 Å². The van der Waals surface area contributed by atoms with Crippen molar-refractivity contribution in [2.24, 2.45) is 5.73 Å². The number of carbonyl (C=O) groups excluding carboxylic acids is 1. The summed E-state index contributed by atoms with van der Waals surface area (Å²) in [4.78, 5) is 13.8. The number of methoxy groups -OCH3 is 1. The van der Waals surface area contributed by atoms with E-state index in [2.05, 4.69) is 0 Å². The molecule has 2 N–H and O–H groups in total. The van der Waals surface area contributed by atoms with Crippen LogP contribution >= 0.6 is 0 Å². The fourth-order valence-electron chi connectivity index (χ4n) is 2.47. The van der Waals surface area contributed by atoms with Crippen molar-refractivity contribution in [3.05, 3.63) is 23.8 Å². The summed E-state index contributed by atoms with van der Waals surface area (Å²) in [6.07, 6.45) is 0. The van der Waals surface area contributed by atoms with Gasteiger partial charge in [0, 0.05) is 6.54 Å². The number of ether oxygens (including phenoxy) is 2. The third kappa shape index (κ3) is 2.72. The van der Waals surface area contributed by atoms with Crippen LogP contribution in [-0.2, 0) is 16.1 Å². The first kappa shape index (κ1) is 14.7. The summed E-state index contributed by atoms with van der Waals surface area (Å²) in [5, 5.41) is 0. The van der Waals surface area contributed by atoms with E-state index in [1.54, 1.807) is 0 Å². The standard InChI is InChI=1S/C15H22N2O3/c1-10(14(18)19-4)17-9-15(2,3)20-13-7-11(8-16)5-6-12(13)17/h5-7,10H,8-9,16H2,1-4H3. The van der Waals surface area contributed by atoms with Crippen molar-refractivity contribution < 1.29 is 14.3 Å². The minimum Gasteiger partial charge on any atom is -0.484 e. The number of nitrogens with zero attached hydrogens (tertiary/aromatic N) is 1. The molecular formula is C15H22N2O3. The molecule has 110 valence electrons. The summed E-state index contributed by atoms with van der Waals surface area (Å²) < 4.78 is 10.9. The molecule has 1 aliphatic rings. The van der Waals surface area contributed by atoms with Crippen LogP contribution in [0.1, 0.15) is 26.3 Å². The highest BCUT2D eigenvalue weighted by Crippen LogP contribution is 2.38. The number of esters is 1. The van der Waals surface area contributed by atoms with E-state index < -0.39 is 0 Å². The van der Waals surface area contributed by atoms with Crippen LogP contribution in [0.4, 0.5) is 5.69 Å². The molecule has 0 spiro atoms. The molecule has 0 bridgehead atoms. The second-order valence-electron chi connectivity index (χ2n) is 5.69. The summed E-state index contributed by atoms with van der Waals surface area (Å²) in [7, 11) is 1.41. The second kappa shape index (κ2) is 5.32. The number of rotatable bonds is 3. The average Bonchev–Trinajstić information content (AvgIpc) is 2.42. The van der Waals surface area contributed by atoms with Gasteiger partial charge in [-0.3, -0.25) is 0 Å². The number of anilines is 1. The third-order valence-electron chi connectivity index (χ3n) is 3.52. The summed E-state index contributed by atoms with van der Waals surface area (Å²) in [5.74, 6) is 0.511. The highest BCUT2D eigenvalue weighted by Gasteiger charge is 2.36. The first-order valence-electron chi connectivity index (χ1n) is 6.74. The highest BCUT2D eigenvalue weighted by molar-refractivity contribution is 5.81. The Balaban J connectivity index is 2.42. The number of nitrogens with two attached hydrogens (primary N) is 1. The molecule has 20 heavy (non-hydrogen) atoms. The van der Waals surface area contributed by atoms with Crippen molar-refractivity contribution >= 4 is 11.7 Å². The Morgan fingerprint density at radius 2 is 2.25 bits per heavy atom. The van der Waals surface area contributed by atoms with Crippen molar-refractivity contribution in [2.45, 2.75) is 39.0 Å². The molecule has 1 aromatic carbocycles. The Hall–Kier alpha value is -1.75. The van der Waals surface area contributed by atoms with E-state index in [1.807, 2.05) is 43.9 Å². The van der Waals surface area contributed by atoms with Gasteiger partial charge in [-0.15, -0.1) is 0 Å². The number of carbonyl (C=O) groups is 1.